The van der Waals surface area contributed by atoms with E-state index in [1.54, 1.807) is 0 Å². The van der Waals surface area contributed by atoms with Crippen LogP contribution >= 0.6 is 0 Å². The number of hydrogen-bond donors (Lipinski definition) is 0. The Morgan fingerprint density at radius 3 is 1.59 bits per heavy atom. The molecule has 0 spiro atoms. The van der Waals surface area contributed by atoms with E-state index >= 15 is 0 Å². The van der Waals surface area contributed by atoms with Gasteiger partial charge in [-0.3, -0.25) is 0 Å². The van der Waals surface area contributed by atoms with Crippen molar-refractivity contribution in [3.63, 3.8) is 0 Å². The van der Waals surface area contributed by atoms with Gasteiger partial charge in [0.1, 0.15) is 0 Å². The minimum atomic E-state index is 0.653. The average Bonchev–Trinajstić information content (AvgIpc) is 2.33. The molecule has 1 saturated carbocycles. The lowest BCUT2D eigenvalue weighted by atomic mass is 9.60. The second kappa shape index (κ2) is 9.00. The third-order valence-corrected chi connectivity index (χ3v) is 4.88. The van der Waals surface area contributed by atoms with E-state index in [2.05, 4.69) is 41.5 Å². The molecule has 0 atom stereocenters. The average molecular weight is 240 g/mol. The normalized spacial score (nSPS) is 17.8. The van der Waals surface area contributed by atoms with Gasteiger partial charge in [-0.1, -0.05) is 67.2 Å². The molecule has 0 unspecified atom stereocenters. The Balaban J connectivity index is 0.000000770. The second-order valence-electron chi connectivity index (χ2n) is 6.14. The van der Waals surface area contributed by atoms with Crippen molar-refractivity contribution >= 4 is 0 Å². The Hall–Kier alpha value is 0. The molecule has 17 heavy (non-hydrogen) atoms. The van der Waals surface area contributed by atoms with Crippen LogP contribution < -0.4 is 0 Å². The van der Waals surface area contributed by atoms with Crippen LogP contribution in [0.1, 0.15) is 92.9 Å². The third kappa shape index (κ3) is 4.64. The fourth-order valence-electron chi connectivity index (χ4n) is 3.79. The first-order chi connectivity index (χ1) is 8.08. The van der Waals surface area contributed by atoms with Crippen molar-refractivity contribution in [1.82, 2.24) is 0 Å². The van der Waals surface area contributed by atoms with Gasteiger partial charge in [-0.2, -0.15) is 0 Å². The van der Waals surface area contributed by atoms with E-state index in [4.69, 9.17) is 0 Å². The highest BCUT2D eigenvalue weighted by Gasteiger charge is 2.38. The van der Waals surface area contributed by atoms with E-state index in [1.165, 1.54) is 51.4 Å². The van der Waals surface area contributed by atoms with Crippen molar-refractivity contribution in [3.8, 4) is 0 Å². The maximum atomic E-state index is 2.43. The predicted octanol–water partition coefficient (Wildman–Crippen LogP) is 6.45. The summed E-state index contributed by atoms with van der Waals surface area (Å²) in [5, 5.41) is 0. The molecule has 1 aliphatic carbocycles. The van der Waals surface area contributed by atoms with E-state index in [-0.39, 0.29) is 0 Å². The van der Waals surface area contributed by atoms with Gasteiger partial charge in [0.15, 0.2) is 0 Å². The van der Waals surface area contributed by atoms with Crippen LogP contribution in [0.3, 0.4) is 0 Å². The fourth-order valence-corrected chi connectivity index (χ4v) is 3.79. The van der Waals surface area contributed by atoms with Crippen molar-refractivity contribution in [3.05, 3.63) is 0 Å². The molecule has 104 valence electrons. The third-order valence-electron chi connectivity index (χ3n) is 4.88. The van der Waals surface area contributed by atoms with Crippen LogP contribution in [0.25, 0.3) is 0 Å². The summed E-state index contributed by atoms with van der Waals surface area (Å²) in [6.07, 6.45) is 11.5. The lowest BCUT2D eigenvalue weighted by Gasteiger charge is -2.45. The first kappa shape index (κ1) is 17.0. The van der Waals surface area contributed by atoms with Crippen LogP contribution in [0.2, 0.25) is 0 Å². The first-order valence-corrected chi connectivity index (χ1v) is 8.08. The van der Waals surface area contributed by atoms with Gasteiger partial charge in [-0.25, -0.2) is 0 Å². The smallest absolute Gasteiger partial charge is 0.0251 e. The Labute approximate surface area is 111 Å². The second-order valence-corrected chi connectivity index (χ2v) is 6.14. The fraction of sp³-hybridized carbons (Fsp3) is 1.00. The highest BCUT2D eigenvalue weighted by Crippen LogP contribution is 2.48. The molecule has 1 aliphatic rings. The van der Waals surface area contributed by atoms with E-state index < -0.39 is 0 Å². The lowest BCUT2D eigenvalue weighted by Crippen LogP contribution is -2.36. The van der Waals surface area contributed by atoms with E-state index in [1.807, 2.05) is 0 Å². The summed E-state index contributed by atoms with van der Waals surface area (Å²) in [6, 6.07) is 0. The summed E-state index contributed by atoms with van der Waals surface area (Å²) >= 11 is 0. The van der Waals surface area contributed by atoms with Gasteiger partial charge >= 0.3 is 0 Å². The molecule has 0 saturated heterocycles. The predicted molar refractivity (Wildman–Crippen MR) is 80.4 cm³/mol. The summed E-state index contributed by atoms with van der Waals surface area (Å²) in [6.45, 7) is 13.9. The van der Waals surface area contributed by atoms with E-state index in [0.717, 1.165) is 11.8 Å². The summed E-state index contributed by atoms with van der Waals surface area (Å²) in [7, 11) is 0. The van der Waals surface area contributed by atoms with Gasteiger partial charge in [-0.15, -0.1) is 0 Å². The van der Waals surface area contributed by atoms with Crippen LogP contribution in [0.4, 0.5) is 0 Å². The van der Waals surface area contributed by atoms with Crippen LogP contribution in [-0.2, 0) is 0 Å². The molecule has 0 aromatic rings. The van der Waals surface area contributed by atoms with Crippen LogP contribution in [0.5, 0.6) is 0 Å². The Morgan fingerprint density at radius 2 is 1.29 bits per heavy atom. The molecule has 0 N–H and O–H groups in total. The van der Waals surface area contributed by atoms with Crippen LogP contribution in [0, 0.1) is 17.3 Å². The summed E-state index contributed by atoms with van der Waals surface area (Å²) in [5.74, 6) is 1.88. The Morgan fingerprint density at radius 1 is 0.882 bits per heavy atom. The molecule has 0 aromatic heterocycles. The summed E-state index contributed by atoms with van der Waals surface area (Å²) in [5.41, 5.74) is 0.653. The SMILES string of the molecule is CCC.CCC(CC)(C(C)C)C1CCCCC1. The molecule has 1 fully saturated rings. The zero-order valence-electron chi connectivity index (χ0n) is 13.3. The molecule has 0 aromatic carbocycles. The molecular weight excluding hydrogens is 204 g/mol. The molecule has 1 rings (SSSR count). The topological polar surface area (TPSA) is 0 Å². The zero-order chi connectivity index (χ0) is 13.3. The van der Waals surface area contributed by atoms with Gasteiger partial charge in [0.2, 0.25) is 0 Å². The van der Waals surface area contributed by atoms with Crippen LogP contribution in [-0.4, -0.2) is 0 Å². The monoisotopic (exact) mass is 240 g/mol. The largest absolute Gasteiger partial charge is 0.0656 e. The quantitative estimate of drug-likeness (QED) is 0.530. The molecule has 0 radical (unpaired) electrons. The van der Waals surface area contributed by atoms with Gasteiger partial charge < -0.3 is 0 Å². The number of rotatable bonds is 4. The van der Waals surface area contributed by atoms with Crippen molar-refractivity contribution in [2.24, 2.45) is 17.3 Å². The highest BCUT2D eigenvalue weighted by atomic mass is 14.4. The van der Waals surface area contributed by atoms with Crippen molar-refractivity contribution in [2.45, 2.75) is 92.9 Å². The molecule has 0 bridgehead atoms. The van der Waals surface area contributed by atoms with Gasteiger partial charge in [-0.05, 0) is 42.9 Å². The van der Waals surface area contributed by atoms with Crippen molar-refractivity contribution in [1.29, 1.82) is 0 Å². The van der Waals surface area contributed by atoms with Crippen molar-refractivity contribution in [2.75, 3.05) is 0 Å². The molecule has 0 heterocycles. The summed E-state index contributed by atoms with van der Waals surface area (Å²) in [4.78, 5) is 0. The molecule has 0 aliphatic heterocycles. The minimum absolute atomic E-state index is 0.653. The standard InChI is InChI=1S/C14H28.C3H8/c1-5-14(6-2,12(3)4)13-10-8-7-9-11-13;1-3-2/h12-13H,5-11H2,1-4H3;3H2,1-2H3. The lowest BCUT2D eigenvalue weighted by molar-refractivity contribution is 0.0503. The van der Waals surface area contributed by atoms with Gasteiger partial charge in [0.05, 0.1) is 0 Å². The van der Waals surface area contributed by atoms with Crippen molar-refractivity contribution < 1.29 is 0 Å². The van der Waals surface area contributed by atoms with Gasteiger partial charge in [0, 0.05) is 0 Å². The highest BCUT2D eigenvalue weighted by molar-refractivity contribution is 4.88. The Bertz CT molecular complexity index is 159. The maximum absolute atomic E-state index is 2.43. The first-order valence-electron chi connectivity index (χ1n) is 8.08. The van der Waals surface area contributed by atoms with Crippen LogP contribution in [0.15, 0.2) is 0 Å². The number of hydrogen-bond acceptors (Lipinski definition) is 0. The molecule has 0 amide bonds. The minimum Gasteiger partial charge on any atom is -0.0656 e. The maximum Gasteiger partial charge on any atom is -0.0251 e. The molecule has 0 heteroatoms. The van der Waals surface area contributed by atoms with E-state index in [0.29, 0.717) is 5.41 Å². The molecule has 0 nitrogen and oxygen atoms in total. The van der Waals surface area contributed by atoms with Gasteiger partial charge in [0.25, 0.3) is 0 Å². The summed E-state index contributed by atoms with van der Waals surface area (Å²) < 4.78 is 0. The molecular formula is C17H36. The van der Waals surface area contributed by atoms with E-state index in [9.17, 15) is 0 Å². The zero-order valence-corrected chi connectivity index (χ0v) is 13.3. The Kier molecular flexibility index (Phi) is 9.00.